The maximum Gasteiger partial charge on any atom is 0.226 e. The number of methoxy groups -OCH3 is 1. The first-order chi connectivity index (χ1) is 11.9. The van der Waals surface area contributed by atoms with Gasteiger partial charge in [0.1, 0.15) is 5.75 Å². The van der Waals surface area contributed by atoms with Crippen molar-refractivity contribution in [1.29, 1.82) is 0 Å². The standard InChI is InChI=1S/C19H21ClN2O3/c1-13-4-7-16(8-5-13)22(14(2)23)11-10-19(24)21-15-6-9-18(25-3)17(20)12-15/h4-9,12H,10-11H2,1-3H3,(H,21,24). The lowest BCUT2D eigenvalue weighted by molar-refractivity contribution is -0.117. The third-order valence-corrected chi connectivity index (χ3v) is 4.02. The quantitative estimate of drug-likeness (QED) is 0.845. The largest absolute Gasteiger partial charge is 0.495 e. The van der Waals surface area contributed by atoms with Crippen LogP contribution in [0.25, 0.3) is 0 Å². The maximum absolute atomic E-state index is 12.2. The van der Waals surface area contributed by atoms with E-state index in [4.69, 9.17) is 16.3 Å². The zero-order chi connectivity index (χ0) is 18.4. The van der Waals surface area contributed by atoms with Gasteiger partial charge in [-0.2, -0.15) is 0 Å². The van der Waals surface area contributed by atoms with E-state index in [0.29, 0.717) is 23.0 Å². The van der Waals surface area contributed by atoms with E-state index in [1.54, 1.807) is 23.1 Å². The molecule has 0 aromatic heterocycles. The highest BCUT2D eigenvalue weighted by atomic mass is 35.5. The summed E-state index contributed by atoms with van der Waals surface area (Å²) in [5, 5.41) is 3.19. The van der Waals surface area contributed by atoms with E-state index < -0.39 is 0 Å². The van der Waals surface area contributed by atoms with Crippen LogP contribution in [0.3, 0.4) is 0 Å². The molecule has 0 unspecified atom stereocenters. The molecule has 132 valence electrons. The third kappa shape index (κ3) is 5.22. The normalized spacial score (nSPS) is 10.2. The van der Waals surface area contributed by atoms with Crippen molar-refractivity contribution in [3.8, 4) is 5.75 Å². The van der Waals surface area contributed by atoms with Gasteiger partial charge in [0.05, 0.1) is 12.1 Å². The number of anilines is 2. The highest BCUT2D eigenvalue weighted by Gasteiger charge is 2.14. The van der Waals surface area contributed by atoms with E-state index in [2.05, 4.69) is 5.32 Å². The van der Waals surface area contributed by atoms with Gasteiger partial charge in [-0.1, -0.05) is 29.3 Å². The first kappa shape index (κ1) is 18.8. The van der Waals surface area contributed by atoms with Gasteiger partial charge in [-0.25, -0.2) is 0 Å². The van der Waals surface area contributed by atoms with Crippen LogP contribution in [0.1, 0.15) is 18.9 Å². The van der Waals surface area contributed by atoms with Gasteiger partial charge in [0, 0.05) is 31.3 Å². The Balaban J connectivity index is 1.98. The second-order valence-electron chi connectivity index (χ2n) is 5.65. The summed E-state index contributed by atoms with van der Waals surface area (Å²) in [7, 11) is 1.53. The molecule has 1 N–H and O–H groups in total. The number of nitrogens with zero attached hydrogens (tertiary/aromatic N) is 1. The summed E-state index contributed by atoms with van der Waals surface area (Å²) >= 11 is 6.05. The fourth-order valence-electron chi connectivity index (χ4n) is 2.37. The number of hydrogen-bond donors (Lipinski definition) is 1. The monoisotopic (exact) mass is 360 g/mol. The van der Waals surface area contributed by atoms with E-state index in [1.165, 1.54) is 14.0 Å². The van der Waals surface area contributed by atoms with Gasteiger partial charge in [-0.05, 0) is 37.3 Å². The Labute approximate surface area is 152 Å². The molecule has 0 heterocycles. The van der Waals surface area contributed by atoms with Crippen molar-refractivity contribution in [2.75, 3.05) is 23.9 Å². The molecule has 0 bridgehead atoms. The van der Waals surface area contributed by atoms with Gasteiger partial charge in [-0.3, -0.25) is 9.59 Å². The molecule has 2 aromatic carbocycles. The summed E-state index contributed by atoms with van der Waals surface area (Å²) < 4.78 is 5.08. The van der Waals surface area contributed by atoms with Gasteiger partial charge in [0.25, 0.3) is 0 Å². The molecule has 0 radical (unpaired) electrons. The molecule has 25 heavy (non-hydrogen) atoms. The Morgan fingerprint density at radius 1 is 1.16 bits per heavy atom. The van der Waals surface area contributed by atoms with E-state index in [-0.39, 0.29) is 18.2 Å². The zero-order valence-electron chi connectivity index (χ0n) is 14.5. The summed E-state index contributed by atoms with van der Waals surface area (Å²) in [5.74, 6) is 0.241. The highest BCUT2D eigenvalue weighted by molar-refractivity contribution is 6.32. The van der Waals surface area contributed by atoms with E-state index in [1.807, 2.05) is 31.2 Å². The number of hydrogen-bond acceptors (Lipinski definition) is 3. The fraction of sp³-hybridized carbons (Fsp3) is 0.263. The van der Waals surface area contributed by atoms with Gasteiger partial charge in [0.2, 0.25) is 11.8 Å². The molecule has 0 saturated heterocycles. The molecule has 0 saturated carbocycles. The molecule has 0 atom stereocenters. The van der Waals surface area contributed by atoms with Crippen LogP contribution < -0.4 is 15.0 Å². The van der Waals surface area contributed by atoms with Crippen molar-refractivity contribution in [1.82, 2.24) is 0 Å². The van der Waals surface area contributed by atoms with Crippen molar-refractivity contribution in [2.45, 2.75) is 20.3 Å². The number of amides is 2. The smallest absolute Gasteiger partial charge is 0.226 e. The Hall–Kier alpha value is -2.53. The number of nitrogens with one attached hydrogen (secondary N) is 1. The van der Waals surface area contributed by atoms with Crippen LogP contribution in [0.15, 0.2) is 42.5 Å². The second kappa shape index (κ2) is 8.53. The van der Waals surface area contributed by atoms with Crippen LogP contribution in [0.2, 0.25) is 5.02 Å². The van der Waals surface area contributed by atoms with Gasteiger partial charge >= 0.3 is 0 Å². The number of carbonyl (C=O) groups is 2. The molecule has 5 nitrogen and oxygen atoms in total. The predicted octanol–water partition coefficient (Wildman–Crippen LogP) is 4.04. The van der Waals surface area contributed by atoms with Crippen LogP contribution in [-0.4, -0.2) is 25.5 Å². The number of halogens is 1. The summed E-state index contributed by atoms with van der Waals surface area (Å²) in [4.78, 5) is 25.6. The minimum absolute atomic E-state index is 0.107. The average Bonchev–Trinajstić information content (AvgIpc) is 2.56. The van der Waals surface area contributed by atoms with Crippen LogP contribution in [0.4, 0.5) is 11.4 Å². The van der Waals surface area contributed by atoms with Crippen molar-refractivity contribution in [2.24, 2.45) is 0 Å². The molecule has 0 aliphatic carbocycles. The van der Waals surface area contributed by atoms with E-state index in [0.717, 1.165) is 11.3 Å². The summed E-state index contributed by atoms with van der Waals surface area (Å²) in [6.45, 7) is 3.77. The molecule has 2 amide bonds. The predicted molar refractivity (Wildman–Crippen MR) is 100 cm³/mol. The number of benzene rings is 2. The van der Waals surface area contributed by atoms with E-state index in [9.17, 15) is 9.59 Å². The number of aryl methyl sites for hydroxylation is 1. The molecule has 6 heteroatoms. The van der Waals surface area contributed by atoms with Crippen LogP contribution in [-0.2, 0) is 9.59 Å². The topological polar surface area (TPSA) is 58.6 Å². The Morgan fingerprint density at radius 3 is 2.40 bits per heavy atom. The third-order valence-electron chi connectivity index (χ3n) is 3.72. The van der Waals surface area contributed by atoms with Gasteiger partial charge in [-0.15, -0.1) is 0 Å². The SMILES string of the molecule is COc1ccc(NC(=O)CCN(C(C)=O)c2ccc(C)cc2)cc1Cl. The molecule has 0 spiro atoms. The fourth-order valence-corrected chi connectivity index (χ4v) is 2.63. The van der Waals surface area contributed by atoms with Crippen molar-refractivity contribution in [3.63, 3.8) is 0 Å². The Morgan fingerprint density at radius 2 is 1.84 bits per heavy atom. The summed E-state index contributed by atoms with van der Waals surface area (Å²) in [6.07, 6.45) is 0.178. The lowest BCUT2D eigenvalue weighted by atomic mass is 10.2. The lowest BCUT2D eigenvalue weighted by Gasteiger charge is -2.21. The first-order valence-electron chi connectivity index (χ1n) is 7.89. The minimum atomic E-state index is -0.195. The minimum Gasteiger partial charge on any atom is -0.495 e. The van der Waals surface area contributed by atoms with Crippen molar-refractivity contribution in [3.05, 3.63) is 53.1 Å². The first-order valence-corrected chi connectivity index (χ1v) is 8.26. The highest BCUT2D eigenvalue weighted by Crippen LogP contribution is 2.27. The Kier molecular flexibility index (Phi) is 6.42. The zero-order valence-corrected chi connectivity index (χ0v) is 15.3. The molecule has 0 aliphatic rings. The molecule has 0 fully saturated rings. The van der Waals surface area contributed by atoms with E-state index >= 15 is 0 Å². The molecule has 2 rings (SSSR count). The average molecular weight is 361 g/mol. The van der Waals surface area contributed by atoms with Crippen LogP contribution in [0.5, 0.6) is 5.75 Å². The second-order valence-corrected chi connectivity index (χ2v) is 6.06. The van der Waals surface area contributed by atoms with Gasteiger partial charge < -0.3 is 15.0 Å². The molecular weight excluding hydrogens is 340 g/mol. The van der Waals surface area contributed by atoms with Gasteiger partial charge in [0.15, 0.2) is 0 Å². The van der Waals surface area contributed by atoms with Crippen molar-refractivity contribution < 1.29 is 14.3 Å². The molecule has 0 aliphatic heterocycles. The summed E-state index contributed by atoms with van der Waals surface area (Å²) in [6, 6.07) is 12.6. The summed E-state index contributed by atoms with van der Waals surface area (Å²) in [5.41, 5.74) is 2.47. The number of carbonyl (C=O) groups excluding carboxylic acids is 2. The number of ether oxygens (including phenoxy) is 1. The van der Waals surface area contributed by atoms with Crippen LogP contribution >= 0.6 is 11.6 Å². The Bertz CT molecular complexity index is 760. The number of rotatable bonds is 6. The molecular formula is C19H21ClN2O3. The van der Waals surface area contributed by atoms with Crippen molar-refractivity contribution >= 4 is 34.8 Å². The molecule has 2 aromatic rings. The lowest BCUT2D eigenvalue weighted by Crippen LogP contribution is -2.31. The van der Waals surface area contributed by atoms with Crippen LogP contribution in [0, 0.1) is 6.92 Å². The maximum atomic E-state index is 12.2.